The van der Waals surface area contributed by atoms with Gasteiger partial charge in [0.25, 0.3) is 0 Å². The third kappa shape index (κ3) is 5.07. The average molecular weight is 518 g/mol. The second-order valence-corrected chi connectivity index (χ2v) is 8.09. The summed E-state index contributed by atoms with van der Waals surface area (Å²) in [5.41, 5.74) is 1.57. The number of nitriles is 4. The number of hydrogen-bond acceptors (Lipinski definition) is 11. The molecule has 11 nitrogen and oxygen atoms in total. The highest BCUT2D eigenvalue weighted by atomic mass is 15.3. The van der Waals surface area contributed by atoms with Crippen LogP contribution in [0.25, 0.3) is 0 Å². The highest BCUT2D eigenvalue weighted by Gasteiger charge is 2.21. The Morgan fingerprint density at radius 2 is 0.700 bits per heavy atom. The maximum Gasteiger partial charge on any atom is 0.142 e. The van der Waals surface area contributed by atoms with Crippen LogP contribution in [0.4, 0.5) is 34.9 Å². The molecule has 0 N–H and O–H groups in total. The lowest BCUT2D eigenvalue weighted by molar-refractivity contribution is 1.05. The monoisotopic (exact) mass is 517 g/mol. The molecule has 0 saturated carbocycles. The molecule has 0 atom stereocenters. The fraction of sp³-hybridized carbons (Fsp3) is 0. The Kier molecular flexibility index (Phi) is 6.96. The van der Waals surface area contributed by atoms with Crippen LogP contribution in [0.1, 0.15) is 22.3 Å². The molecule has 5 rings (SSSR count). The van der Waals surface area contributed by atoms with E-state index >= 15 is 0 Å². The Labute approximate surface area is 228 Å². The number of anilines is 6. The van der Waals surface area contributed by atoms with Crippen LogP contribution in [-0.2, 0) is 0 Å². The summed E-state index contributed by atoms with van der Waals surface area (Å²) in [7, 11) is 0. The first-order valence-electron chi connectivity index (χ1n) is 11.7. The Bertz CT molecular complexity index is 1570. The van der Waals surface area contributed by atoms with Crippen molar-refractivity contribution in [3.05, 3.63) is 114 Å². The van der Waals surface area contributed by atoms with Crippen LogP contribution in [0.2, 0.25) is 0 Å². The molecule has 0 aliphatic carbocycles. The molecule has 0 radical (unpaired) electrons. The minimum Gasteiger partial charge on any atom is -0.262 e. The molecule has 0 aromatic carbocycles. The van der Waals surface area contributed by atoms with E-state index < -0.39 is 0 Å². The summed E-state index contributed by atoms with van der Waals surface area (Å²) >= 11 is 0. The average Bonchev–Trinajstić information content (AvgIpc) is 3.03. The summed E-state index contributed by atoms with van der Waals surface area (Å²) in [5, 5.41) is 36.9. The number of hydrogen-bond donors (Lipinski definition) is 0. The number of rotatable bonds is 6. The van der Waals surface area contributed by atoms with Crippen molar-refractivity contribution in [2.45, 2.75) is 0 Å². The summed E-state index contributed by atoms with van der Waals surface area (Å²) < 4.78 is 0. The normalized spacial score (nSPS) is 9.90. The SMILES string of the molecule is N#Cc1ccc(N(c2ccc(C#N)cn2)c2cccc(N(c3ccc(C#N)cn3)c3ccc(C#N)cn3)n2)nc1. The maximum absolute atomic E-state index is 9.23. The molecule has 0 aliphatic rings. The molecule has 0 saturated heterocycles. The number of nitrogens with zero attached hydrogens (tertiary/aromatic N) is 11. The van der Waals surface area contributed by atoms with Gasteiger partial charge in [0.1, 0.15) is 59.2 Å². The minimum atomic E-state index is 0.392. The smallest absolute Gasteiger partial charge is 0.142 e. The molecular formula is C29H15N11. The molecule has 40 heavy (non-hydrogen) atoms. The Morgan fingerprint density at radius 3 is 0.925 bits per heavy atom. The third-order valence-corrected chi connectivity index (χ3v) is 5.60. The second kappa shape index (κ2) is 11.1. The van der Waals surface area contributed by atoms with E-state index in [0.29, 0.717) is 57.2 Å². The van der Waals surface area contributed by atoms with E-state index in [1.807, 2.05) is 0 Å². The lowest BCUT2D eigenvalue weighted by atomic mass is 10.2. The molecule has 186 valence electrons. The standard InChI is InChI=1S/C29H15N11/c30-12-20-4-8-24(34-16-20)39(25-9-5-21(13-31)17-35-25)28-2-1-3-29(38-28)40(26-10-6-22(14-32)18-36-26)27-11-7-23(15-33)19-37-27/h1-11,16-19H. The van der Waals surface area contributed by atoms with Gasteiger partial charge in [-0.1, -0.05) is 6.07 Å². The molecule has 0 spiro atoms. The van der Waals surface area contributed by atoms with Gasteiger partial charge in [0, 0.05) is 24.8 Å². The topological polar surface area (TPSA) is 166 Å². The molecule has 0 unspecified atom stereocenters. The molecule has 5 aromatic heterocycles. The van der Waals surface area contributed by atoms with E-state index in [2.05, 4.69) is 44.2 Å². The predicted octanol–water partition coefficient (Wildman–Crippen LogP) is 5.09. The van der Waals surface area contributed by atoms with Crippen LogP contribution in [0.15, 0.2) is 91.5 Å². The number of pyridine rings is 5. The van der Waals surface area contributed by atoms with Crippen LogP contribution in [0.3, 0.4) is 0 Å². The van der Waals surface area contributed by atoms with Crippen molar-refractivity contribution >= 4 is 34.9 Å². The van der Waals surface area contributed by atoms with Crippen molar-refractivity contribution < 1.29 is 0 Å². The van der Waals surface area contributed by atoms with Crippen LogP contribution >= 0.6 is 0 Å². The molecular weight excluding hydrogens is 502 g/mol. The number of aromatic nitrogens is 5. The van der Waals surface area contributed by atoms with Crippen LogP contribution < -0.4 is 9.80 Å². The Balaban J connectivity index is 1.66. The zero-order valence-corrected chi connectivity index (χ0v) is 20.6. The summed E-state index contributed by atoms with van der Waals surface area (Å²) in [6.45, 7) is 0. The summed E-state index contributed by atoms with van der Waals surface area (Å²) in [4.78, 5) is 26.0. The molecule has 0 amide bonds. The maximum atomic E-state index is 9.23. The zero-order chi connectivity index (χ0) is 27.9. The zero-order valence-electron chi connectivity index (χ0n) is 20.6. The summed E-state index contributed by atoms with van der Waals surface area (Å²) in [6, 6.07) is 26.8. The third-order valence-electron chi connectivity index (χ3n) is 5.60. The van der Waals surface area contributed by atoms with Gasteiger partial charge in [-0.25, -0.2) is 24.9 Å². The predicted molar refractivity (Wildman–Crippen MR) is 144 cm³/mol. The van der Waals surface area contributed by atoms with Gasteiger partial charge in [-0.15, -0.1) is 0 Å². The van der Waals surface area contributed by atoms with E-state index in [1.165, 1.54) is 24.8 Å². The van der Waals surface area contributed by atoms with Gasteiger partial charge in [-0.2, -0.15) is 21.0 Å². The van der Waals surface area contributed by atoms with Crippen molar-refractivity contribution in [2.24, 2.45) is 0 Å². The largest absolute Gasteiger partial charge is 0.262 e. The fourth-order valence-corrected chi connectivity index (χ4v) is 3.70. The van der Waals surface area contributed by atoms with E-state index in [1.54, 1.807) is 76.5 Å². The van der Waals surface area contributed by atoms with E-state index in [-0.39, 0.29) is 0 Å². The first-order valence-corrected chi connectivity index (χ1v) is 11.7. The van der Waals surface area contributed by atoms with Crippen LogP contribution in [0, 0.1) is 45.3 Å². The van der Waals surface area contributed by atoms with Gasteiger partial charge >= 0.3 is 0 Å². The van der Waals surface area contributed by atoms with Gasteiger partial charge in [0.2, 0.25) is 0 Å². The van der Waals surface area contributed by atoms with E-state index in [4.69, 9.17) is 4.98 Å². The molecule has 0 fully saturated rings. The van der Waals surface area contributed by atoms with Crippen molar-refractivity contribution in [1.29, 1.82) is 21.0 Å². The van der Waals surface area contributed by atoms with Crippen molar-refractivity contribution in [3.63, 3.8) is 0 Å². The molecule has 5 heterocycles. The highest BCUT2D eigenvalue weighted by Crippen LogP contribution is 2.35. The van der Waals surface area contributed by atoms with Crippen molar-refractivity contribution in [1.82, 2.24) is 24.9 Å². The van der Waals surface area contributed by atoms with Gasteiger partial charge in [-0.3, -0.25) is 9.80 Å². The Morgan fingerprint density at radius 1 is 0.400 bits per heavy atom. The lowest BCUT2D eigenvalue weighted by Gasteiger charge is -2.25. The molecule has 0 bridgehead atoms. The van der Waals surface area contributed by atoms with Gasteiger partial charge in [0.15, 0.2) is 0 Å². The molecule has 0 aliphatic heterocycles. The summed E-state index contributed by atoms with van der Waals surface area (Å²) in [5.74, 6) is 2.64. The Hall–Kier alpha value is -6.69. The quantitative estimate of drug-likeness (QED) is 0.294. The van der Waals surface area contributed by atoms with Gasteiger partial charge < -0.3 is 0 Å². The highest BCUT2D eigenvalue weighted by molar-refractivity contribution is 5.74. The van der Waals surface area contributed by atoms with Crippen molar-refractivity contribution in [3.8, 4) is 24.3 Å². The van der Waals surface area contributed by atoms with Crippen molar-refractivity contribution in [2.75, 3.05) is 9.80 Å². The van der Waals surface area contributed by atoms with E-state index in [0.717, 1.165) is 0 Å². The van der Waals surface area contributed by atoms with Crippen LogP contribution in [-0.4, -0.2) is 24.9 Å². The van der Waals surface area contributed by atoms with E-state index in [9.17, 15) is 21.0 Å². The van der Waals surface area contributed by atoms with Gasteiger partial charge in [-0.05, 0) is 60.7 Å². The van der Waals surface area contributed by atoms with Gasteiger partial charge in [0.05, 0.1) is 22.3 Å². The molecule has 5 aromatic rings. The molecule has 11 heteroatoms. The van der Waals surface area contributed by atoms with Crippen LogP contribution in [0.5, 0.6) is 0 Å². The lowest BCUT2D eigenvalue weighted by Crippen LogP contribution is -2.18. The summed E-state index contributed by atoms with van der Waals surface area (Å²) in [6.07, 6.45) is 5.79. The first kappa shape index (κ1) is 25.0. The fourth-order valence-electron chi connectivity index (χ4n) is 3.70. The first-order chi connectivity index (χ1) is 19.6. The minimum absolute atomic E-state index is 0.392. The second-order valence-electron chi connectivity index (χ2n) is 8.09.